The fourth-order valence-electron chi connectivity index (χ4n) is 1.37. The Kier molecular flexibility index (Phi) is 4.22. The number of carbonyl (C=O) groups excluding carboxylic acids is 2. The first kappa shape index (κ1) is 10.8. The van der Waals surface area contributed by atoms with Gasteiger partial charge in [0.15, 0.2) is 6.61 Å². The molecular weight excluding hydrogens is 184 g/mol. The molecule has 0 spiro atoms. The third-order valence-corrected chi connectivity index (χ3v) is 2.22. The number of likely N-dealkylation sites (N-methyl/N-ethyl adjacent to an activating group) is 1. The van der Waals surface area contributed by atoms with Crippen LogP contribution in [0.2, 0.25) is 0 Å². The van der Waals surface area contributed by atoms with Gasteiger partial charge in [0.25, 0.3) is 5.91 Å². The van der Waals surface area contributed by atoms with Gasteiger partial charge in [-0.15, -0.1) is 0 Å². The van der Waals surface area contributed by atoms with Crippen LogP contribution in [0, 0.1) is 0 Å². The van der Waals surface area contributed by atoms with E-state index >= 15 is 0 Å². The smallest absolute Gasteiger partial charge is 0.410 e. The second-order valence-electron chi connectivity index (χ2n) is 3.28. The monoisotopic (exact) mass is 200 g/mol. The second-order valence-corrected chi connectivity index (χ2v) is 3.28. The van der Waals surface area contributed by atoms with Crippen LogP contribution in [-0.4, -0.2) is 43.6 Å². The summed E-state index contributed by atoms with van der Waals surface area (Å²) in [6.07, 6.45) is 2.83. The zero-order chi connectivity index (χ0) is 10.4. The average molecular weight is 200 g/mol. The second kappa shape index (κ2) is 5.47. The summed E-state index contributed by atoms with van der Waals surface area (Å²) in [7, 11) is 1.51. The molecule has 0 aromatic rings. The maximum absolute atomic E-state index is 11.3. The number of rotatable bonds is 2. The average Bonchev–Trinajstić information content (AvgIpc) is 2.26. The Balaban J connectivity index is 2.23. The minimum absolute atomic E-state index is 0.189. The largest absolute Gasteiger partial charge is 0.439 e. The Hall–Kier alpha value is -1.26. The molecule has 1 aliphatic heterocycles. The maximum atomic E-state index is 11.3. The van der Waals surface area contributed by atoms with E-state index in [1.165, 1.54) is 13.5 Å². The summed E-state index contributed by atoms with van der Waals surface area (Å²) < 4.78 is 4.81. The minimum Gasteiger partial charge on any atom is -0.439 e. The lowest BCUT2D eigenvalue weighted by molar-refractivity contribution is -0.123. The third kappa shape index (κ3) is 3.24. The van der Waals surface area contributed by atoms with Gasteiger partial charge in [-0.1, -0.05) is 0 Å². The zero-order valence-electron chi connectivity index (χ0n) is 8.41. The Morgan fingerprint density at radius 2 is 1.93 bits per heavy atom. The third-order valence-electron chi connectivity index (χ3n) is 2.22. The van der Waals surface area contributed by atoms with Crippen molar-refractivity contribution in [1.29, 1.82) is 0 Å². The van der Waals surface area contributed by atoms with Crippen molar-refractivity contribution in [2.75, 3.05) is 26.7 Å². The van der Waals surface area contributed by atoms with Crippen molar-refractivity contribution < 1.29 is 14.3 Å². The number of nitrogens with one attached hydrogen (secondary N) is 1. The van der Waals surface area contributed by atoms with Crippen molar-refractivity contribution in [3.8, 4) is 0 Å². The highest BCUT2D eigenvalue weighted by molar-refractivity contribution is 5.79. The predicted octanol–water partition coefficient (Wildman–Crippen LogP) is 0.355. The Labute approximate surface area is 83.4 Å². The van der Waals surface area contributed by atoms with Crippen molar-refractivity contribution >= 4 is 12.0 Å². The lowest BCUT2D eigenvalue weighted by Gasteiger charge is -2.25. The van der Waals surface area contributed by atoms with Crippen LogP contribution in [0.15, 0.2) is 0 Å². The standard InChI is InChI=1S/C9H16N2O3/c1-10-8(12)7-14-9(13)11-5-3-2-4-6-11/h2-7H2,1H3,(H,10,12). The Morgan fingerprint density at radius 3 is 2.50 bits per heavy atom. The summed E-state index contributed by atoms with van der Waals surface area (Å²) in [4.78, 5) is 23.8. The molecule has 14 heavy (non-hydrogen) atoms. The van der Waals surface area contributed by atoms with Crippen molar-refractivity contribution in [2.24, 2.45) is 0 Å². The molecule has 2 amide bonds. The van der Waals surface area contributed by atoms with Gasteiger partial charge in [-0.2, -0.15) is 0 Å². The molecule has 0 aromatic heterocycles. The van der Waals surface area contributed by atoms with Crippen molar-refractivity contribution in [3.63, 3.8) is 0 Å². The van der Waals surface area contributed by atoms with Gasteiger partial charge in [-0.25, -0.2) is 4.79 Å². The summed E-state index contributed by atoms with van der Waals surface area (Å²) in [6, 6.07) is 0. The van der Waals surface area contributed by atoms with Gasteiger partial charge in [-0.3, -0.25) is 4.79 Å². The molecular formula is C9H16N2O3. The van der Waals surface area contributed by atoms with E-state index in [1.54, 1.807) is 4.90 Å². The molecule has 1 rings (SSSR count). The molecule has 0 radical (unpaired) electrons. The van der Waals surface area contributed by atoms with E-state index in [-0.39, 0.29) is 18.6 Å². The molecule has 0 atom stereocenters. The Bertz CT molecular complexity index is 212. The molecule has 0 bridgehead atoms. The SMILES string of the molecule is CNC(=O)COC(=O)N1CCCCC1. The van der Waals surface area contributed by atoms with Crippen LogP contribution in [0.3, 0.4) is 0 Å². The predicted molar refractivity (Wildman–Crippen MR) is 50.8 cm³/mol. The van der Waals surface area contributed by atoms with E-state index in [9.17, 15) is 9.59 Å². The first-order valence-electron chi connectivity index (χ1n) is 4.86. The molecule has 1 N–H and O–H groups in total. The quantitative estimate of drug-likeness (QED) is 0.700. The number of amides is 2. The molecule has 80 valence electrons. The highest BCUT2D eigenvalue weighted by Crippen LogP contribution is 2.09. The molecule has 5 heteroatoms. The number of likely N-dealkylation sites (tertiary alicyclic amines) is 1. The number of hydrogen-bond donors (Lipinski definition) is 1. The van der Waals surface area contributed by atoms with Crippen molar-refractivity contribution in [2.45, 2.75) is 19.3 Å². The van der Waals surface area contributed by atoms with Gasteiger partial charge in [0.05, 0.1) is 0 Å². The van der Waals surface area contributed by atoms with Crippen LogP contribution in [-0.2, 0) is 9.53 Å². The topological polar surface area (TPSA) is 58.6 Å². The van der Waals surface area contributed by atoms with Gasteiger partial charge in [-0.05, 0) is 19.3 Å². The highest BCUT2D eigenvalue weighted by Gasteiger charge is 2.18. The van der Waals surface area contributed by atoms with Gasteiger partial charge < -0.3 is 15.0 Å². The van der Waals surface area contributed by atoms with Crippen LogP contribution < -0.4 is 5.32 Å². The van der Waals surface area contributed by atoms with Crippen LogP contribution in [0.1, 0.15) is 19.3 Å². The van der Waals surface area contributed by atoms with E-state index in [0.29, 0.717) is 0 Å². The fraction of sp³-hybridized carbons (Fsp3) is 0.778. The van der Waals surface area contributed by atoms with Gasteiger partial charge in [0.2, 0.25) is 0 Å². The number of hydrogen-bond acceptors (Lipinski definition) is 3. The molecule has 0 saturated carbocycles. The maximum Gasteiger partial charge on any atom is 0.410 e. The van der Waals surface area contributed by atoms with E-state index in [4.69, 9.17) is 4.74 Å². The van der Waals surface area contributed by atoms with Crippen LogP contribution >= 0.6 is 0 Å². The Morgan fingerprint density at radius 1 is 1.29 bits per heavy atom. The summed E-state index contributed by atoms with van der Waals surface area (Å²) in [5.41, 5.74) is 0. The molecule has 1 fully saturated rings. The molecule has 5 nitrogen and oxygen atoms in total. The molecule has 1 saturated heterocycles. The van der Waals surface area contributed by atoms with Crippen LogP contribution in [0.5, 0.6) is 0 Å². The van der Waals surface area contributed by atoms with Gasteiger partial charge in [0.1, 0.15) is 0 Å². The zero-order valence-corrected chi connectivity index (χ0v) is 8.41. The van der Waals surface area contributed by atoms with E-state index in [0.717, 1.165) is 25.9 Å². The summed E-state index contributed by atoms with van der Waals surface area (Å²) in [6.45, 7) is 1.30. The lowest BCUT2D eigenvalue weighted by Crippen LogP contribution is -2.37. The number of ether oxygens (including phenoxy) is 1. The molecule has 0 aliphatic carbocycles. The lowest BCUT2D eigenvalue weighted by atomic mass is 10.1. The van der Waals surface area contributed by atoms with E-state index in [1.807, 2.05) is 0 Å². The number of piperidine rings is 1. The first-order chi connectivity index (χ1) is 6.74. The van der Waals surface area contributed by atoms with Crippen molar-refractivity contribution in [1.82, 2.24) is 10.2 Å². The summed E-state index contributed by atoms with van der Waals surface area (Å²) >= 11 is 0. The fourth-order valence-corrected chi connectivity index (χ4v) is 1.37. The molecule has 1 aliphatic rings. The van der Waals surface area contributed by atoms with Crippen LogP contribution in [0.25, 0.3) is 0 Å². The normalized spacial score (nSPS) is 16.2. The number of carbonyl (C=O) groups is 2. The van der Waals surface area contributed by atoms with E-state index < -0.39 is 0 Å². The molecule has 0 aromatic carbocycles. The van der Waals surface area contributed by atoms with Crippen LogP contribution in [0.4, 0.5) is 4.79 Å². The highest BCUT2D eigenvalue weighted by atomic mass is 16.6. The van der Waals surface area contributed by atoms with Gasteiger partial charge >= 0.3 is 6.09 Å². The summed E-state index contributed by atoms with van der Waals surface area (Å²) in [5, 5.41) is 2.39. The van der Waals surface area contributed by atoms with E-state index in [2.05, 4.69) is 5.32 Å². The first-order valence-corrected chi connectivity index (χ1v) is 4.86. The molecule has 1 heterocycles. The summed E-state index contributed by atoms with van der Waals surface area (Å²) in [5.74, 6) is -0.282. The molecule has 0 unspecified atom stereocenters. The van der Waals surface area contributed by atoms with Crippen molar-refractivity contribution in [3.05, 3.63) is 0 Å². The minimum atomic E-state index is -0.381. The number of nitrogens with zero attached hydrogens (tertiary/aromatic N) is 1. The van der Waals surface area contributed by atoms with Gasteiger partial charge in [0, 0.05) is 20.1 Å².